The second-order valence-electron chi connectivity index (χ2n) is 11.0. The van der Waals surface area contributed by atoms with Crippen LogP contribution in [0.2, 0.25) is 10.0 Å². The maximum absolute atomic E-state index is 14.6. The molecule has 0 saturated carbocycles. The molecule has 0 unspecified atom stereocenters. The lowest BCUT2D eigenvalue weighted by Crippen LogP contribution is -2.54. The van der Waals surface area contributed by atoms with E-state index in [0.717, 1.165) is 9.87 Å². The molecule has 0 radical (unpaired) electrons. The zero-order chi connectivity index (χ0) is 34.1. The summed E-state index contributed by atoms with van der Waals surface area (Å²) >= 11 is 12.5. The van der Waals surface area contributed by atoms with Crippen molar-refractivity contribution in [1.29, 1.82) is 0 Å². The first-order valence-electron chi connectivity index (χ1n) is 14.8. The Morgan fingerprint density at radius 2 is 1.43 bits per heavy atom. The number of rotatable bonds is 14. The van der Waals surface area contributed by atoms with Crippen LogP contribution in [-0.4, -0.2) is 58.0 Å². The fourth-order valence-corrected chi connectivity index (χ4v) is 6.75. The fraction of sp³-hybridized carbons (Fsp3) is 0.257. The van der Waals surface area contributed by atoms with Crippen LogP contribution in [0, 0.1) is 0 Å². The Balaban J connectivity index is 1.85. The van der Waals surface area contributed by atoms with Gasteiger partial charge in [-0.3, -0.25) is 13.9 Å². The van der Waals surface area contributed by atoms with Crippen molar-refractivity contribution in [1.82, 2.24) is 10.2 Å². The Morgan fingerprint density at radius 3 is 2.02 bits per heavy atom. The van der Waals surface area contributed by atoms with Crippen LogP contribution in [0.1, 0.15) is 25.0 Å². The maximum Gasteiger partial charge on any atom is 0.264 e. The van der Waals surface area contributed by atoms with Crippen LogP contribution < -0.4 is 19.1 Å². The molecule has 9 nitrogen and oxygen atoms in total. The van der Waals surface area contributed by atoms with Gasteiger partial charge < -0.3 is 19.7 Å². The minimum atomic E-state index is -4.29. The first-order chi connectivity index (χ1) is 22.4. The van der Waals surface area contributed by atoms with E-state index in [9.17, 15) is 18.0 Å². The second-order valence-corrected chi connectivity index (χ2v) is 13.7. The first kappa shape index (κ1) is 35.6. The number of hydrogen-bond donors (Lipinski definition) is 1. The van der Waals surface area contributed by atoms with Crippen LogP contribution in [0.5, 0.6) is 11.5 Å². The quantitative estimate of drug-likeness (QED) is 0.164. The molecule has 4 aromatic carbocycles. The van der Waals surface area contributed by atoms with Crippen molar-refractivity contribution in [2.45, 2.75) is 43.8 Å². The standard InChI is InChI=1S/C35H37Cl2N3O6S/c1-24(2)38-35(42)31(20-25-11-7-5-8-12-25)39(22-26-15-17-29(36)30(37)19-26)34(41)23-40(47(43,44)28-13-9-6-10-14-28)27-16-18-32(45-3)33(21-27)46-4/h5-19,21,24,31H,20,22-23H2,1-4H3,(H,38,42)/t31-/m1/s1. The zero-order valence-electron chi connectivity index (χ0n) is 26.5. The van der Waals surface area contributed by atoms with Crippen molar-refractivity contribution < 1.29 is 27.5 Å². The van der Waals surface area contributed by atoms with Gasteiger partial charge >= 0.3 is 0 Å². The Hall–Kier alpha value is -4.25. The van der Waals surface area contributed by atoms with Crippen molar-refractivity contribution in [3.8, 4) is 11.5 Å². The number of sulfonamides is 1. The van der Waals surface area contributed by atoms with E-state index in [4.69, 9.17) is 32.7 Å². The number of anilines is 1. The number of carbonyl (C=O) groups excluding carboxylic acids is 2. The third-order valence-corrected chi connectivity index (χ3v) is 9.83. The van der Waals surface area contributed by atoms with E-state index in [2.05, 4.69) is 5.32 Å². The molecule has 0 saturated heterocycles. The molecule has 4 aromatic rings. The van der Waals surface area contributed by atoms with Crippen molar-refractivity contribution >= 4 is 50.7 Å². The van der Waals surface area contributed by atoms with Crippen molar-refractivity contribution in [3.63, 3.8) is 0 Å². The summed E-state index contributed by atoms with van der Waals surface area (Å²) in [7, 11) is -1.38. The van der Waals surface area contributed by atoms with Gasteiger partial charge in [-0.05, 0) is 61.4 Å². The molecular weight excluding hydrogens is 661 g/mol. The molecule has 47 heavy (non-hydrogen) atoms. The largest absolute Gasteiger partial charge is 0.493 e. The molecule has 248 valence electrons. The number of halogens is 2. The number of carbonyl (C=O) groups is 2. The summed E-state index contributed by atoms with van der Waals surface area (Å²) in [6.45, 7) is 2.97. The predicted molar refractivity (Wildman–Crippen MR) is 185 cm³/mol. The lowest BCUT2D eigenvalue weighted by atomic mass is 10.0. The second kappa shape index (κ2) is 16.0. The lowest BCUT2D eigenvalue weighted by Gasteiger charge is -2.34. The van der Waals surface area contributed by atoms with E-state index in [-0.39, 0.29) is 46.3 Å². The fourth-order valence-electron chi connectivity index (χ4n) is 5.00. The highest BCUT2D eigenvalue weighted by molar-refractivity contribution is 7.92. The van der Waals surface area contributed by atoms with Crippen molar-refractivity contribution in [2.24, 2.45) is 0 Å². The number of hydrogen-bond acceptors (Lipinski definition) is 6. The number of ether oxygens (including phenoxy) is 2. The van der Waals surface area contributed by atoms with Gasteiger partial charge in [0.25, 0.3) is 10.0 Å². The zero-order valence-corrected chi connectivity index (χ0v) is 28.9. The van der Waals surface area contributed by atoms with Crippen LogP contribution in [0.25, 0.3) is 0 Å². The summed E-state index contributed by atoms with van der Waals surface area (Å²) in [5, 5.41) is 3.54. The molecule has 0 spiro atoms. The maximum atomic E-state index is 14.6. The van der Waals surface area contributed by atoms with Gasteiger partial charge in [0.05, 0.1) is 34.8 Å². The molecular formula is C35H37Cl2N3O6S. The molecule has 0 aliphatic heterocycles. The monoisotopic (exact) mass is 697 g/mol. The van der Waals surface area contributed by atoms with E-state index in [1.807, 2.05) is 44.2 Å². The molecule has 0 aliphatic carbocycles. The summed E-state index contributed by atoms with van der Waals surface area (Å²) in [6, 6.07) is 25.4. The average molecular weight is 699 g/mol. The van der Waals surface area contributed by atoms with Gasteiger partial charge in [0.2, 0.25) is 11.8 Å². The summed E-state index contributed by atoms with van der Waals surface area (Å²) in [5.74, 6) is -0.350. The molecule has 0 heterocycles. The topological polar surface area (TPSA) is 105 Å². The smallest absolute Gasteiger partial charge is 0.264 e. The highest BCUT2D eigenvalue weighted by Crippen LogP contribution is 2.34. The van der Waals surface area contributed by atoms with Crippen LogP contribution in [0.4, 0.5) is 5.69 Å². The minimum Gasteiger partial charge on any atom is -0.493 e. The number of nitrogens with one attached hydrogen (secondary N) is 1. The lowest BCUT2D eigenvalue weighted by molar-refractivity contribution is -0.140. The van der Waals surface area contributed by atoms with E-state index >= 15 is 0 Å². The normalized spacial score (nSPS) is 11.9. The van der Waals surface area contributed by atoms with Crippen molar-refractivity contribution in [3.05, 3.63) is 118 Å². The molecule has 1 N–H and O–H groups in total. The predicted octanol–water partition coefficient (Wildman–Crippen LogP) is 6.37. The SMILES string of the molecule is COc1ccc(N(CC(=O)N(Cc2ccc(Cl)c(Cl)c2)[C@H](Cc2ccccc2)C(=O)NC(C)C)S(=O)(=O)c2ccccc2)cc1OC. The Kier molecular flexibility index (Phi) is 12.1. The highest BCUT2D eigenvalue weighted by atomic mass is 35.5. The van der Waals surface area contributed by atoms with Gasteiger partial charge in [-0.15, -0.1) is 0 Å². The number of amides is 2. The van der Waals surface area contributed by atoms with Gasteiger partial charge in [0.1, 0.15) is 12.6 Å². The van der Waals surface area contributed by atoms with Gasteiger partial charge in [0, 0.05) is 25.1 Å². The van der Waals surface area contributed by atoms with Crippen LogP contribution in [0.15, 0.2) is 102 Å². The van der Waals surface area contributed by atoms with E-state index < -0.39 is 28.5 Å². The summed E-state index contributed by atoms with van der Waals surface area (Å²) in [5.41, 5.74) is 1.59. The summed E-state index contributed by atoms with van der Waals surface area (Å²) in [4.78, 5) is 29.8. The molecule has 0 fully saturated rings. The molecule has 1 atom stereocenters. The van der Waals surface area contributed by atoms with Crippen LogP contribution in [-0.2, 0) is 32.6 Å². The molecule has 12 heteroatoms. The van der Waals surface area contributed by atoms with Crippen LogP contribution in [0.3, 0.4) is 0 Å². The number of benzene rings is 4. The molecule has 2 amide bonds. The average Bonchev–Trinajstić information content (AvgIpc) is 3.06. The number of methoxy groups -OCH3 is 2. The summed E-state index contributed by atoms with van der Waals surface area (Å²) in [6.07, 6.45) is 0.175. The Bertz CT molecular complexity index is 1790. The molecule has 0 bridgehead atoms. The Morgan fingerprint density at radius 1 is 0.787 bits per heavy atom. The number of nitrogens with zero attached hydrogens (tertiary/aromatic N) is 2. The highest BCUT2D eigenvalue weighted by Gasteiger charge is 2.35. The first-order valence-corrected chi connectivity index (χ1v) is 17.0. The third kappa shape index (κ3) is 8.97. The van der Waals surface area contributed by atoms with E-state index in [0.29, 0.717) is 16.3 Å². The van der Waals surface area contributed by atoms with Crippen molar-refractivity contribution in [2.75, 3.05) is 25.1 Å². The van der Waals surface area contributed by atoms with E-state index in [1.54, 1.807) is 42.5 Å². The van der Waals surface area contributed by atoms with Gasteiger partial charge in [-0.2, -0.15) is 0 Å². The third-order valence-electron chi connectivity index (χ3n) is 7.30. The van der Waals surface area contributed by atoms with E-state index in [1.165, 1.54) is 43.4 Å². The molecule has 0 aromatic heterocycles. The Labute approximate surface area is 286 Å². The van der Waals surface area contributed by atoms with Crippen LogP contribution >= 0.6 is 23.2 Å². The summed E-state index contributed by atoms with van der Waals surface area (Å²) < 4.78 is 40.2. The van der Waals surface area contributed by atoms with Gasteiger partial charge in [-0.25, -0.2) is 8.42 Å². The van der Waals surface area contributed by atoms with Gasteiger partial charge in [0.15, 0.2) is 11.5 Å². The molecule has 4 rings (SSSR count). The minimum absolute atomic E-state index is 0.0167. The van der Waals surface area contributed by atoms with Gasteiger partial charge in [-0.1, -0.05) is 77.8 Å². The molecule has 0 aliphatic rings.